The van der Waals surface area contributed by atoms with Crippen LogP contribution in [0.2, 0.25) is 5.02 Å². The van der Waals surface area contributed by atoms with Gasteiger partial charge in [-0.25, -0.2) is 4.79 Å². The Kier molecular flexibility index (Phi) is 4.74. The summed E-state index contributed by atoms with van der Waals surface area (Å²) in [5, 5.41) is 6.51. The fourth-order valence-electron chi connectivity index (χ4n) is 2.79. The lowest BCUT2D eigenvalue weighted by atomic mass is 10.1. The summed E-state index contributed by atoms with van der Waals surface area (Å²) in [6.45, 7) is 0.233. The molecule has 2 heterocycles. The molecule has 3 rings (SSSR count). The highest BCUT2D eigenvalue weighted by atomic mass is 35.5. The largest absolute Gasteiger partial charge is 0.491 e. The number of carbonyl (C=O) groups is 1. The molecule has 2 amide bonds. The number of aromatic nitrogens is 2. The number of hydrogen-bond donors (Lipinski definition) is 1. The standard InChI is InChI=1S/C16H16ClF3N4O2/c1-23(7-10-8-24(2)22-14(10)16(18,19)20)15(25)21-12-6-11(17)5-9-3-4-26-13(9)12/h5-6,8H,3-4,7H2,1-2H3,(H,21,25). The second-order valence-electron chi connectivity index (χ2n) is 6.00. The average molecular weight is 389 g/mol. The van der Waals surface area contributed by atoms with Crippen LogP contribution < -0.4 is 10.1 Å². The zero-order valence-corrected chi connectivity index (χ0v) is 14.8. The first kappa shape index (κ1) is 18.4. The SMILES string of the molecule is CN(Cc1cn(C)nc1C(F)(F)F)C(=O)Nc1cc(Cl)cc2c1OCC2. The quantitative estimate of drug-likeness (QED) is 0.872. The number of urea groups is 1. The molecule has 10 heteroatoms. The van der Waals surface area contributed by atoms with Crippen LogP contribution >= 0.6 is 11.6 Å². The van der Waals surface area contributed by atoms with Gasteiger partial charge in [0.25, 0.3) is 0 Å². The normalized spacial score (nSPS) is 13.3. The van der Waals surface area contributed by atoms with Gasteiger partial charge in [-0.15, -0.1) is 0 Å². The molecule has 0 spiro atoms. The summed E-state index contributed by atoms with van der Waals surface area (Å²) in [6.07, 6.45) is -2.67. The van der Waals surface area contributed by atoms with Crippen LogP contribution in [0.25, 0.3) is 0 Å². The highest BCUT2D eigenvalue weighted by molar-refractivity contribution is 6.31. The number of nitrogens with one attached hydrogen (secondary N) is 1. The molecule has 140 valence electrons. The number of anilines is 1. The van der Waals surface area contributed by atoms with E-state index in [4.69, 9.17) is 16.3 Å². The number of nitrogens with zero attached hydrogens (tertiary/aromatic N) is 3. The number of carbonyl (C=O) groups excluding carboxylic acids is 1. The van der Waals surface area contributed by atoms with E-state index in [1.165, 1.54) is 20.3 Å². The van der Waals surface area contributed by atoms with Crippen molar-refractivity contribution in [1.82, 2.24) is 14.7 Å². The molecule has 6 nitrogen and oxygen atoms in total. The van der Waals surface area contributed by atoms with E-state index in [0.29, 0.717) is 29.5 Å². The van der Waals surface area contributed by atoms with Crippen LogP contribution in [0, 0.1) is 0 Å². The first-order valence-electron chi connectivity index (χ1n) is 7.72. The Bertz CT molecular complexity index is 851. The second-order valence-corrected chi connectivity index (χ2v) is 6.44. The highest BCUT2D eigenvalue weighted by Crippen LogP contribution is 2.37. The van der Waals surface area contributed by atoms with Gasteiger partial charge in [-0.05, 0) is 12.1 Å². The zero-order valence-electron chi connectivity index (χ0n) is 14.0. The van der Waals surface area contributed by atoms with Crippen molar-refractivity contribution < 1.29 is 22.7 Å². The predicted molar refractivity (Wildman–Crippen MR) is 89.3 cm³/mol. The maximum Gasteiger partial charge on any atom is 0.435 e. The van der Waals surface area contributed by atoms with E-state index in [0.717, 1.165) is 15.1 Å². The molecule has 1 aliphatic heterocycles. The van der Waals surface area contributed by atoms with Crippen LogP contribution in [0.1, 0.15) is 16.8 Å². The lowest BCUT2D eigenvalue weighted by molar-refractivity contribution is -0.142. The van der Waals surface area contributed by atoms with Gasteiger partial charge < -0.3 is 15.0 Å². The van der Waals surface area contributed by atoms with E-state index in [-0.39, 0.29) is 12.1 Å². The van der Waals surface area contributed by atoms with Crippen molar-refractivity contribution in [1.29, 1.82) is 0 Å². The molecule has 0 fully saturated rings. The number of hydrogen-bond acceptors (Lipinski definition) is 3. The minimum absolute atomic E-state index is 0.0924. The van der Waals surface area contributed by atoms with Gasteiger partial charge in [0.15, 0.2) is 5.69 Å². The van der Waals surface area contributed by atoms with E-state index >= 15 is 0 Å². The summed E-state index contributed by atoms with van der Waals surface area (Å²) < 4.78 is 45.7. The molecule has 1 aromatic carbocycles. The second kappa shape index (κ2) is 6.71. The monoisotopic (exact) mass is 388 g/mol. The topological polar surface area (TPSA) is 59.4 Å². The van der Waals surface area contributed by atoms with Gasteiger partial charge in [-0.1, -0.05) is 11.6 Å². The lowest BCUT2D eigenvalue weighted by Gasteiger charge is -2.19. The first-order chi connectivity index (χ1) is 12.1. The summed E-state index contributed by atoms with van der Waals surface area (Å²) in [5.41, 5.74) is 0.169. The van der Waals surface area contributed by atoms with Gasteiger partial charge in [-0.3, -0.25) is 4.68 Å². The van der Waals surface area contributed by atoms with E-state index in [9.17, 15) is 18.0 Å². The molecule has 1 aliphatic rings. The number of alkyl halides is 3. The third-order valence-corrected chi connectivity index (χ3v) is 4.14. The predicted octanol–water partition coefficient (Wildman–Crippen LogP) is 3.69. The Morgan fingerprint density at radius 1 is 1.46 bits per heavy atom. The summed E-state index contributed by atoms with van der Waals surface area (Å²) in [6, 6.07) is 2.72. The van der Waals surface area contributed by atoms with Crippen molar-refractivity contribution in [3.8, 4) is 5.75 Å². The molecule has 0 atom stereocenters. The molecule has 0 unspecified atom stereocenters. The number of halogens is 4. The van der Waals surface area contributed by atoms with Crippen molar-refractivity contribution in [3.63, 3.8) is 0 Å². The number of fused-ring (bicyclic) bond motifs is 1. The maximum atomic E-state index is 13.0. The fraction of sp³-hybridized carbons (Fsp3) is 0.375. The summed E-state index contributed by atoms with van der Waals surface area (Å²) in [7, 11) is 2.79. The van der Waals surface area contributed by atoms with Gasteiger partial charge in [-0.2, -0.15) is 18.3 Å². The van der Waals surface area contributed by atoms with Crippen molar-refractivity contribution in [2.24, 2.45) is 7.05 Å². The van der Waals surface area contributed by atoms with Crippen molar-refractivity contribution in [2.75, 3.05) is 19.0 Å². The van der Waals surface area contributed by atoms with E-state index in [1.54, 1.807) is 12.1 Å². The molecule has 0 saturated heterocycles. The van der Waals surface area contributed by atoms with Crippen molar-refractivity contribution in [3.05, 3.63) is 40.2 Å². The van der Waals surface area contributed by atoms with Gasteiger partial charge in [0.2, 0.25) is 0 Å². The van der Waals surface area contributed by atoms with Crippen molar-refractivity contribution in [2.45, 2.75) is 19.1 Å². The molecule has 1 N–H and O–H groups in total. The minimum atomic E-state index is -4.59. The van der Waals surface area contributed by atoms with Crippen molar-refractivity contribution >= 4 is 23.3 Å². The van der Waals surface area contributed by atoms with Crippen LogP contribution in [-0.4, -0.2) is 34.4 Å². The first-order valence-corrected chi connectivity index (χ1v) is 8.10. The molecule has 0 radical (unpaired) electrons. The van der Waals surface area contributed by atoms with E-state index < -0.39 is 17.9 Å². The molecular weight excluding hydrogens is 373 g/mol. The van der Waals surface area contributed by atoms with Gasteiger partial charge in [0, 0.05) is 42.9 Å². The third kappa shape index (κ3) is 3.72. The molecule has 0 bridgehead atoms. The average Bonchev–Trinajstić information content (AvgIpc) is 3.12. The summed E-state index contributed by atoms with van der Waals surface area (Å²) in [5.74, 6) is 0.536. The number of aryl methyl sites for hydroxylation is 1. The molecule has 2 aromatic rings. The maximum absolute atomic E-state index is 13.0. The van der Waals surface area contributed by atoms with Crippen LogP contribution in [0.5, 0.6) is 5.75 Å². The van der Waals surface area contributed by atoms with Crippen LogP contribution in [0.3, 0.4) is 0 Å². The number of benzene rings is 1. The Morgan fingerprint density at radius 3 is 2.88 bits per heavy atom. The van der Waals surface area contributed by atoms with Gasteiger partial charge in [0.05, 0.1) is 18.8 Å². The van der Waals surface area contributed by atoms with Crippen LogP contribution in [0.15, 0.2) is 18.3 Å². The van der Waals surface area contributed by atoms with Crippen LogP contribution in [0.4, 0.5) is 23.7 Å². The van der Waals surface area contributed by atoms with Crippen LogP contribution in [-0.2, 0) is 26.2 Å². The molecule has 0 saturated carbocycles. The number of ether oxygens (including phenoxy) is 1. The molecule has 26 heavy (non-hydrogen) atoms. The number of rotatable bonds is 3. The van der Waals surface area contributed by atoms with E-state index in [1.807, 2.05) is 0 Å². The van der Waals surface area contributed by atoms with Gasteiger partial charge >= 0.3 is 12.2 Å². The Morgan fingerprint density at radius 2 is 2.19 bits per heavy atom. The van der Waals surface area contributed by atoms with E-state index in [2.05, 4.69) is 10.4 Å². The Balaban J connectivity index is 1.76. The molecule has 1 aromatic heterocycles. The highest BCUT2D eigenvalue weighted by Gasteiger charge is 2.37. The smallest absolute Gasteiger partial charge is 0.435 e. The molecular formula is C16H16ClF3N4O2. The molecule has 0 aliphatic carbocycles. The minimum Gasteiger partial charge on any atom is -0.491 e. The number of amides is 2. The summed E-state index contributed by atoms with van der Waals surface area (Å²) >= 11 is 6.04. The summed E-state index contributed by atoms with van der Waals surface area (Å²) in [4.78, 5) is 13.5. The lowest BCUT2D eigenvalue weighted by Crippen LogP contribution is -2.31. The fourth-order valence-corrected chi connectivity index (χ4v) is 3.03. The Labute approximate surface area is 152 Å². The third-order valence-electron chi connectivity index (χ3n) is 3.92. The Hall–Kier alpha value is -2.42. The van der Waals surface area contributed by atoms with Gasteiger partial charge in [0.1, 0.15) is 5.75 Å². The zero-order chi connectivity index (χ0) is 19.1.